The molecule has 0 aliphatic heterocycles. The number of rotatable bonds is 3. The largest absolute Gasteiger partial charge is 0.328 e. The van der Waals surface area contributed by atoms with Crippen molar-refractivity contribution in [1.82, 2.24) is 9.55 Å². The number of anilines is 1. The molecule has 0 atom stereocenters. The normalized spacial score (nSPS) is 10.5. The van der Waals surface area contributed by atoms with Crippen LogP contribution in [0.2, 0.25) is 0 Å². The smallest absolute Gasteiger partial charge is 0.325 e. The van der Waals surface area contributed by atoms with Crippen LogP contribution in [0, 0.1) is 0 Å². The summed E-state index contributed by atoms with van der Waals surface area (Å²) in [6, 6.07) is 14.6. The number of benzene rings is 2. The minimum Gasteiger partial charge on any atom is -0.325 e. The zero-order chi connectivity index (χ0) is 15.5. The molecule has 0 unspecified atom stereocenters. The Bertz CT molecular complexity index is 956. The van der Waals surface area contributed by atoms with Crippen molar-refractivity contribution in [2.24, 2.45) is 0 Å². The van der Waals surface area contributed by atoms with Crippen LogP contribution in [0.3, 0.4) is 0 Å². The Balaban J connectivity index is 1.78. The van der Waals surface area contributed by atoms with Crippen LogP contribution in [-0.4, -0.2) is 15.5 Å². The summed E-state index contributed by atoms with van der Waals surface area (Å²) in [5, 5.41) is 4.83. The van der Waals surface area contributed by atoms with Crippen LogP contribution in [0.5, 0.6) is 0 Å². The summed E-state index contributed by atoms with van der Waals surface area (Å²) < 4.78 is 1.14. The highest BCUT2D eigenvalue weighted by Crippen LogP contribution is 2.18. The molecule has 3 aromatic rings. The molecule has 0 aliphatic rings. The molecule has 3 rings (SSSR count). The maximum atomic E-state index is 12.0. The van der Waals surface area contributed by atoms with Gasteiger partial charge in [-0.3, -0.25) is 19.1 Å². The standard InChI is InChI=1S/C16H13N3O3/c20-14-7-8-19(16(22)18-14)10-15(21)17-13-6-5-11-3-1-2-4-12(11)9-13/h1-9H,10H2,(H,17,21)(H,18,20,22). The molecule has 0 spiro atoms. The van der Waals surface area contributed by atoms with Gasteiger partial charge in [0.05, 0.1) is 0 Å². The molecular formula is C16H13N3O3. The summed E-state index contributed by atoms with van der Waals surface area (Å²) >= 11 is 0. The average molecular weight is 295 g/mol. The molecule has 110 valence electrons. The molecule has 0 radical (unpaired) electrons. The Morgan fingerprint density at radius 3 is 2.59 bits per heavy atom. The lowest BCUT2D eigenvalue weighted by Crippen LogP contribution is -2.32. The summed E-state index contributed by atoms with van der Waals surface area (Å²) in [5.41, 5.74) is -0.446. The van der Waals surface area contributed by atoms with Crippen LogP contribution in [0.4, 0.5) is 5.69 Å². The molecule has 6 heteroatoms. The van der Waals surface area contributed by atoms with Gasteiger partial charge in [0, 0.05) is 18.0 Å². The van der Waals surface area contributed by atoms with Gasteiger partial charge in [-0.2, -0.15) is 0 Å². The Labute approximate surface area is 125 Å². The Kier molecular flexibility index (Phi) is 3.57. The second-order valence-electron chi connectivity index (χ2n) is 4.85. The van der Waals surface area contributed by atoms with E-state index in [2.05, 4.69) is 10.3 Å². The van der Waals surface area contributed by atoms with E-state index in [0.29, 0.717) is 5.69 Å². The highest BCUT2D eigenvalue weighted by atomic mass is 16.2. The van der Waals surface area contributed by atoms with Crippen LogP contribution < -0.4 is 16.6 Å². The number of aromatic amines is 1. The number of aromatic nitrogens is 2. The molecule has 1 aromatic heterocycles. The number of hydrogen-bond donors (Lipinski definition) is 2. The third-order valence-corrected chi connectivity index (χ3v) is 3.24. The minimum absolute atomic E-state index is 0.164. The third-order valence-electron chi connectivity index (χ3n) is 3.24. The van der Waals surface area contributed by atoms with Crippen molar-refractivity contribution in [3.05, 3.63) is 75.6 Å². The van der Waals surface area contributed by atoms with Crippen LogP contribution in [-0.2, 0) is 11.3 Å². The first-order valence-corrected chi connectivity index (χ1v) is 6.70. The molecular weight excluding hydrogens is 282 g/mol. The molecule has 2 aromatic carbocycles. The maximum absolute atomic E-state index is 12.0. The average Bonchev–Trinajstić information content (AvgIpc) is 2.50. The second kappa shape index (κ2) is 5.69. The predicted molar refractivity (Wildman–Crippen MR) is 83.9 cm³/mol. The number of nitrogens with one attached hydrogen (secondary N) is 2. The SMILES string of the molecule is O=C(Cn1ccc(=O)[nH]c1=O)Nc1ccc2ccccc2c1. The van der Waals surface area contributed by atoms with E-state index in [-0.39, 0.29) is 12.5 Å². The number of hydrogen-bond acceptors (Lipinski definition) is 3. The molecule has 0 bridgehead atoms. The molecule has 1 heterocycles. The number of fused-ring (bicyclic) bond motifs is 1. The van der Waals surface area contributed by atoms with Crippen molar-refractivity contribution in [2.75, 3.05) is 5.32 Å². The summed E-state index contributed by atoms with van der Waals surface area (Å²) in [6.07, 6.45) is 1.29. The van der Waals surface area contributed by atoms with Gasteiger partial charge in [-0.15, -0.1) is 0 Å². The van der Waals surface area contributed by atoms with Gasteiger partial charge in [-0.1, -0.05) is 30.3 Å². The fourth-order valence-electron chi connectivity index (χ4n) is 2.19. The van der Waals surface area contributed by atoms with Gasteiger partial charge >= 0.3 is 5.69 Å². The Morgan fingerprint density at radius 1 is 1.05 bits per heavy atom. The maximum Gasteiger partial charge on any atom is 0.328 e. The topological polar surface area (TPSA) is 84.0 Å². The van der Waals surface area contributed by atoms with E-state index in [9.17, 15) is 14.4 Å². The number of carbonyl (C=O) groups excluding carboxylic acids is 1. The van der Waals surface area contributed by atoms with Gasteiger partial charge in [0.15, 0.2) is 0 Å². The molecule has 22 heavy (non-hydrogen) atoms. The fourth-order valence-corrected chi connectivity index (χ4v) is 2.19. The van der Waals surface area contributed by atoms with Crippen LogP contribution in [0.15, 0.2) is 64.3 Å². The predicted octanol–water partition coefficient (Wildman–Crippen LogP) is 1.33. The van der Waals surface area contributed by atoms with E-state index in [1.54, 1.807) is 6.07 Å². The van der Waals surface area contributed by atoms with Crippen molar-refractivity contribution in [2.45, 2.75) is 6.54 Å². The van der Waals surface area contributed by atoms with E-state index in [0.717, 1.165) is 15.3 Å². The van der Waals surface area contributed by atoms with Gasteiger partial charge in [0.25, 0.3) is 5.56 Å². The van der Waals surface area contributed by atoms with Crippen molar-refractivity contribution in [3.8, 4) is 0 Å². The monoisotopic (exact) mass is 295 g/mol. The number of carbonyl (C=O) groups is 1. The Morgan fingerprint density at radius 2 is 1.82 bits per heavy atom. The summed E-state index contributed by atoms with van der Waals surface area (Å²) in [7, 11) is 0. The summed E-state index contributed by atoms with van der Waals surface area (Å²) in [4.78, 5) is 36.6. The van der Waals surface area contributed by atoms with Gasteiger partial charge in [0.1, 0.15) is 6.54 Å². The molecule has 0 saturated carbocycles. The van der Waals surface area contributed by atoms with E-state index in [1.165, 1.54) is 12.3 Å². The first-order valence-electron chi connectivity index (χ1n) is 6.70. The summed E-state index contributed by atoms with van der Waals surface area (Å²) in [6.45, 7) is -0.164. The van der Waals surface area contributed by atoms with Gasteiger partial charge in [-0.25, -0.2) is 4.79 Å². The van der Waals surface area contributed by atoms with Crippen molar-refractivity contribution in [1.29, 1.82) is 0 Å². The first kappa shape index (κ1) is 13.8. The third kappa shape index (κ3) is 2.95. The highest BCUT2D eigenvalue weighted by molar-refractivity contribution is 5.94. The van der Waals surface area contributed by atoms with Crippen molar-refractivity contribution >= 4 is 22.4 Å². The zero-order valence-corrected chi connectivity index (χ0v) is 11.6. The van der Waals surface area contributed by atoms with Crippen LogP contribution in [0.1, 0.15) is 0 Å². The number of H-pyrrole nitrogens is 1. The van der Waals surface area contributed by atoms with Crippen LogP contribution >= 0.6 is 0 Å². The lowest BCUT2D eigenvalue weighted by atomic mass is 10.1. The quantitative estimate of drug-likeness (QED) is 0.764. The van der Waals surface area contributed by atoms with E-state index < -0.39 is 11.2 Å². The lowest BCUT2D eigenvalue weighted by molar-refractivity contribution is -0.116. The van der Waals surface area contributed by atoms with Gasteiger partial charge < -0.3 is 5.32 Å². The fraction of sp³-hybridized carbons (Fsp3) is 0.0625. The van der Waals surface area contributed by atoms with Crippen molar-refractivity contribution in [3.63, 3.8) is 0 Å². The molecule has 0 saturated heterocycles. The van der Waals surface area contributed by atoms with Crippen molar-refractivity contribution < 1.29 is 4.79 Å². The lowest BCUT2D eigenvalue weighted by Gasteiger charge is -2.08. The summed E-state index contributed by atoms with van der Waals surface area (Å²) in [5.74, 6) is -0.343. The molecule has 2 N–H and O–H groups in total. The second-order valence-corrected chi connectivity index (χ2v) is 4.85. The molecule has 0 fully saturated rings. The van der Waals surface area contributed by atoms with E-state index >= 15 is 0 Å². The Hall–Kier alpha value is -3.15. The number of nitrogens with zero attached hydrogens (tertiary/aromatic N) is 1. The number of amides is 1. The first-order chi connectivity index (χ1) is 10.6. The van der Waals surface area contributed by atoms with E-state index in [1.807, 2.05) is 36.4 Å². The molecule has 6 nitrogen and oxygen atoms in total. The van der Waals surface area contributed by atoms with E-state index in [4.69, 9.17) is 0 Å². The van der Waals surface area contributed by atoms with Crippen LogP contribution in [0.25, 0.3) is 10.8 Å². The zero-order valence-electron chi connectivity index (χ0n) is 11.6. The minimum atomic E-state index is -0.610. The van der Waals surface area contributed by atoms with Gasteiger partial charge in [0.2, 0.25) is 5.91 Å². The van der Waals surface area contributed by atoms with Gasteiger partial charge in [-0.05, 0) is 22.9 Å². The molecule has 1 amide bonds. The molecule has 0 aliphatic carbocycles. The highest BCUT2D eigenvalue weighted by Gasteiger charge is 2.06.